The Kier molecular flexibility index (Phi) is 4.44. The molecule has 3 aromatic rings. The molecule has 130 valence electrons. The van der Waals surface area contributed by atoms with Crippen LogP contribution in [-0.2, 0) is 16.8 Å². The Hall–Kier alpha value is -3.07. The number of carbonyl (C=O) groups is 1. The standard InChI is InChI=1S/C23H21NO2/c25-22(23(15-16-23)19-9-5-2-6-10-19)24-20-11-13-21(14-12-20)26-17-18-7-3-1-4-8-18/h1-14H,15-17H2,(H,24,25). The van der Waals surface area contributed by atoms with Crippen molar-refractivity contribution in [3.05, 3.63) is 96.1 Å². The summed E-state index contributed by atoms with van der Waals surface area (Å²) in [5.74, 6) is 0.859. The van der Waals surface area contributed by atoms with Gasteiger partial charge in [0.15, 0.2) is 0 Å². The van der Waals surface area contributed by atoms with Crippen molar-refractivity contribution in [1.82, 2.24) is 0 Å². The van der Waals surface area contributed by atoms with E-state index in [2.05, 4.69) is 5.32 Å². The minimum atomic E-state index is -0.357. The Morgan fingerprint density at radius 3 is 2.08 bits per heavy atom. The predicted molar refractivity (Wildman–Crippen MR) is 103 cm³/mol. The van der Waals surface area contributed by atoms with Crippen molar-refractivity contribution in [2.45, 2.75) is 24.9 Å². The van der Waals surface area contributed by atoms with Gasteiger partial charge in [-0.05, 0) is 48.2 Å². The molecule has 1 aliphatic rings. The third kappa shape index (κ3) is 3.47. The molecule has 1 fully saturated rings. The van der Waals surface area contributed by atoms with E-state index in [1.54, 1.807) is 0 Å². The monoisotopic (exact) mass is 343 g/mol. The first kappa shape index (κ1) is 16.4. The normalized spacial score (nSPS) is 14.5. The van der Waals surface area contributed by atoms with Crippen LogP contribution in [0.25, 0.3) is 0 Å². The summed E-state index contributed by atoms with van der Waals surface area (Å²) in [4.78, 5) is 12.8. The summed E-state index contributed by atoms with van der Waals surface area (Å²) in [6.07, 6.45) is 1.81. The van der Waals surface area contributed by atoms with Crippen molar-refractivity contribution in [3.8, 4) is 5.75 Å². The van der Waals surface area contributed by atoms with E-state index < -0.39 is 0 Å². The highest BCUT2D eigenvalue weighted by Crippen LogP contribution is 2.48. The minimum absolute atomic E-state index is 0.0710. The molecular weight excluding hydrogens is 322 g/mol. The smallest absolute Gasteiger partial charge is 0.235 e. The van der Waals surface area contributed by atoms with Crippen LogP contribution in [-0.4, -0.2) is 5.91 Å². The molecule has 0 radical (unpaired) electrons. The molecule has 1 N–H and O–H groups in total. The van der Waals surface area contributed by atoms with Crippen LogP contribution < -0.4 is 10.1 Å². The van der Waals surface area contributed by atoms with Crippen molar-refractivity contribution in [2.24, 2.45) is 0 Å². The van der Waals surface area contributed by atoms with Crippen molar-refractivity contribution >= 4 is 11.6 Å². The van der Waals surface area contributed by atoms with Gasteiger partial charge in [-0.25, -0.2) is 0 Å². The number of amides is 1. The molecule has 1 aliphatic carbocycles. The van der Waals surface area contributed by atoms with E-state index in [0.717, 1.165) is 35.4 Å². The van der Waals surface area contributed by atoms with E-state index in [-0.39, 0.29) is 11.3 Å². The average Bonchev–Trinajstić information content (AvgIpc) is 3.51. The van der Waals surface area contributed by atoms with Gasteiger partial charge in [-0.2, -0.15) is 0 Å². The molecule has 0 aromatic heterocycles. The highest BCUT2D eigenvalue weighted by molar-refractivity contribution is 6.01. The van der Waals surface area contributed by atoms with Crippen LogP contribution in [0.5, 0.6) is 5.75 Å². The van der Waals surface area contributed by atoms with Gasteiger partial charge in [-0.3, -0.25) is 4.79 Å². The summed E-state index contributed by atoms with van der Waals surface area (Å²) >= 11 is 0. The van der Waals surface area contributed by atoms with E-state index in [0.29, 0.717) is 6.61 Å². The number of benzene rings is 3. The fourth-order valence-corrected chi connectivity index (χ4v) is 3.16. The number of nitrogens with one attached hydrogen (secondary N) is 1. The first-order valence-corrected chi connectivity index (χ1v) is 8.90. The van der Waals surface area contributed by atoms with E-state index in [4.69, 9.17) is 4.74 Å². The lowest BCUT2D eigenvalue weighted by atomic mass is 9.95. The van der Waals surface area contributed by atoms with Crippen LogP contribution >= 0.6 is 0 Å². The lowest BCUT2D eigenvalue weighted by Gasteiger charge is -2.16. The lowest BCUT2D eigenvalue weighted by Crippen LogP contribution is -2.27. The zero-order chi connectivity index (χ0) is 17.8. The third-order valence-corrected chi connectivity index (χ3v) is 4.87. The third-order valence-electron chi connectivity index (χ3n) is 4.87. The molecule has 0 unspecified atom stereocenters. The molecule has 0 saturated heterocycles. The van der Waals surface area contributed by atoms with Gasteiger partial charge in [0.1, 0.15) is 12.4 Å². The summed E-state index contributed by atoms with van der Waals surface area (Å²) in [6, 6.07) is 27.6. The maximum Gasteiger partial charge on any atom is 0.235 e. The fourth-order valence-electron chi connectivity index (χ4n) is 3.16. The minimum Gasteiger partial charge on any atom is -0.489 e. The van der Waals surface area contributed by atoms with Crippen LogP contribution in [0.15, 0.2) is 84.9 Å². The van der Waals surface area contributed by atoms with E-state index >= 15 is 0 Å². The molecule has 0 spiro atoms. The zero-order valence-corrected chi connectivity index (χ0v) is 14.5. The number of carbonyl (C=O) groups excluding carboxylic acids is 1. The number of anilines is 1. The maximum atomic E-state index is 12.8. The van der Waals surface area contributed by atoms with Crippen LogP contribution in [0, 0.1) is 0 Å². The topological polar surface area (TPSA) is 38.3 Å². The lowest BCUT2D eigenvalue weighted by molar-refractivity contribution is -0.118. The molecule has 0 bridgehead atoms. The molecule has 3 nitrogen and oxygen atoms in total. The number of rotatable bonds is 6. The van der Waals surface area contributed by atoms with Crippen LogP contribution in [0.1, 0.15) is 24.0 Å². The van der Waals surface area contributed by atoms with Crippen molar-refractivity contribution in [3.63, 3.8) is 0 Å². The van der Waals surface area contributed by atoms with Crippen molar-refractivity contribution < 1.29 is 9.53 Å². The van der Waals surface area contributed by atoms with Gasteiger partial charge < -0.3 is 10.1 Å². The van der Waals surface area contributed by atoms with Crippen LogP contribution in [0.3, 0.4) is 0 Å². The summed E-state index contributed by atoms with van der Waals surface area (Å²) < 4.78 is 5.79. The van der Waals surface area contributed by atoms with Crippen LogP contribution in [0.2, 0.25) is 0 Å². The van der Waals surface area contributed by atoms with Crippen molar-refractivity contribution in [2.75, 3.05) is 5.32 Å². The Morgan fingerprint density at radius 2 is 1.46 bits per heavy atom. The molecule has 1 saturated carbocycles. The highest BCUT2D eigenvalue weighted by atomic mass is 16.5. The first-order chi connectivity index (χ1) is 12.8. The van der Waals surface area contributed by atoms with Gasteiger partial charge in [-0.1, -0.05) is 60.7 Å². The second kappa shape index (κ2) is 7.04. The van der Waals surface area contributed by atoms with Gasteiger partial charge in [0.25, 0.3) is 0 Å². The largest absolute Gasteiger partial charge is 0.489 e. The summed E-state index contributed by atoms with van der Waals surface area (Å²) in [6.45, 7) is 0.531. The van der Waals surface area contributed by atoms with Gasteiger partial charge in [-0.15, -0.1) is 0 Å². The Bertz CT molecular complexity index is 869. The second-order valence-corrected chi connectivity index (χ2v) is 6.70. The van der Waals surface area contributed by atoms with Gasteiger partial charge in [0.2, 0.25) is 5.91 Å². The molecule has 26 heavy (non-hydrogen) atoms. The van der Waals surface area contributed by atoms with Gasteiger partial charge in [0.05, 0.1) is 5.41 Å². The summed E-state index contributed by atoms with van der Waals surface area (Å²) in [5, 5.41) is 3.05. The molecule has 3 aromatic carbocycles. The van der Waals surface area contributed by atoms with E-state index in [9.17, 15) is 4.79 Å². The maximum absolute atomic E-state index is 12.8. The molecule has 1 amide bonds. The molecule has 4 rings (SSSR count). The zero-order valence-electron chi connectivity index (χ0n) is 14.5. The average molecular weight is 343 g/mol. The second-order valence-electron chi connectivity index (χ2n) is 6.70. The van der Waals surface area contributed by atoms with Gasteiger partial charge >= 0.3 is 0 Å². The predicted octanol–water partition coefficient (Wildman–Crippen LogP) is 4.94. The first-order valence-electron chi connectivity index (χ1n) is 8.90. The quantitative estimate of drug-likeness (QED) is 0.689. The number of ether oxygens (including phenoxy) is 1. The summed E-state index contributed by atoms with van der Waals surface area (Å²) in [5.41, 5.74) is 2.66. The van der Waals surface area contributed by atoms with Crippen molar-refractivity contribution in [1.29, 1.82) is 0 Å². The highest BCUT2D eigenvalue weighted by Gasteiger charge is 2.51. The summed E-state index contributed by atoms with van der Waals surface area (Å²) in [7, 11) is 0. The molecular formula is C23H21NO2. The molecule has 3 heteroatoms. The SMILES string of the molecule is O=C(Nc1ccc(OCc2ccccc2)cc1)C1(c2ccccc2)CC1. The van der Waals surface area contributed by atoms with E-state index in [1.807, 2.05) is 84.9 Å². The van der Waals surface area contributed by atoms with Gasteiger partial charge in [0, 0.05) is 5.69 Å². The fraction of sp³-hybridized carbons (Fsp3) is 0.174. The van der Waals surface area contributed by atoms with Crippen LogP contribution in [0.4, 0.5) is 5.69 Å². The Balaban J connectivity index is 1.38. The number of hydrogen-bond donors (Lipinski definition) is 1. The number of hydrogen-bond acceptors (Lipinski definition) is 2. The molecule has 0 aliphatic heterocycles. The Labute approximate surface area is 153 Å². The van der Waals surface area contributed by atoms with E-state index in [1.165, 1.54) is 0 Å². The Morgan fingerprint density at radius 1 is 0.846 bits per heavy atom. The molecule has 0 atom stereocenters. The molecule has 0 heterocycles.